The van der Waals surface area contributed by atoms with E-state index in [2.05, 4.69) is 0 Å². The standard InChI is InChI=1S/C8H16N2O2/c1-9(2)8(12)10-5-3-4-7(11)6-10/h7,11H,3-6H2,1-2H3. The molecule has 0 aromatic rings. The number of hydrogen-bond acceptors (Lipinski definition) is 2. The first-order chi connectivity index (χ1) is 5.61. The van der Waals surface area contributed by atoms with E-state index in [0.29, 0.717) is 6.54 Å². The van der Waals surface area contributed by atoms with Crippen LogP contribution in [-0.4, -0.2) is 54.2 Å². The Balaban J connectivity index is 2.46. The molecule has 1 rings (SSSR count). The van der Waals surface area contributed by atoms with Crippen molar-refractivity contribution in [2.24, 2.45) is 0 Å². The first-order valence-corrected chi connectivity index (χ1v) is 4.25. The van der Waals surface area contributed by atoms with Gasteiger partial charge in [0.15, 0.2) is 0 Å². The molecule has 0 bridgehead atoms. The zero-order valence-electron chi connectivity index (χ0n) is 7.66. The number of hydrogen-bond donors (Lipinski definition) is 1. The molecule has 0 radical (unpaired) electrons. The van der Waals surface area contributed by atoms with E-state index in [4.69, 9.17) is 0 Å². The van der Waals surface area contributed by atoms with Gasteiger partial charge in [0.2, 0.25) is 0 Å². The van der Waals surface area contributed by atoms with Crippen molar-refractivity contribution in [1.82, 2.24) is 9.80 Å². The van der Waals surface area contributed by atoms with Crippen LogP contribution in [-0.2, 0) is 0 Å². The normalized spacial score (nSPS) is 23.9. The van der Waals surface area contributed by atoms with Crippen LogP contribution < -0.4 is 0 Å². The SMILES string of the molecule is CN(C)C(=O)N1CCCC(O)C1. The van der Waals surface area contributed by atoms with Crippen LogP contribution >= 0.6 is 0 Å². The van der Waals surface area contributed by atoms with Gasteiger partial charge in [0, 0.05) is 27.2 Å². The number of β-amino-alcohol motifs (C(OH)–C–C–N with tert-alkyl or cyclic N) is 1. The van der Waals surface area contributed by atoms with Crippen LogP contribution in [0, 0.1) is 0 Å². The van der Waals surface area contributed by atoms with Crippen LogP contribution in [0.5, 0.6) is 0 Å². The van der Waals surface area contributed by atoms with Gasteiger partial charge < -0.3 is 14.9 Å². The molecule has 4 heteroatoms. The quantitative estimate of drug-likeness (QED) is 0.564. The summed E-state index contributed by atoms with van der Waals surface area (Å²) in [5.41, 5.74) is 0. The lowest BCUT2D eigenvalue weighted by Gasteiger charge is -2.32. The molecule has 1 aliphatic rings. The first-order valence-electron chi connectivity index (χ1n) is 4.25. The number of aliphatic hydroxyl groups excluding tert-OH is 1. The summed E-state index contributed by atoms with van der Waals surface area (Å²) in [5.74, 6) is 0. The molecule has 2 amide bonds. The Labute approximate surface area is 72.8 Å². The van der Waals surface area contributed by atoms with Crippen molar-refractivity contribution in [2.45, 2.75) is 18.9 Å². The highest BCUT2D eigenvalue weighted by molar-refractivity contribution is 5.73. The lowest BCUT2D eigenvalue weighted by molar-refractivity contribution is 0.0762. The van der Waals surface area contributed by atoms with Gasteiger partial charge in [0.05, 0.1) is 6.10 Å². The molecule has 1 N–H and O–H groups in total. The van der Waals surface area contributed by atoms with Gasteiger partial charge in [0.1, 0.15) is 0 Å². The Morgan fingerprint density at radius 3 is 2.75 bits per heavy atom. The second kappa shape index (κ2) is 3.76. The monoisotopic (exact) mass is 172 g/mol. The topological polar surface area (TPSA) is 43.8 Å². The predicted molar refractivity (Wildman–Crippen MR) is 45.9 cm³/mol. The number of likely N-dealkylation sites (tertiary alicyclic amines) is 1. The maximum atomic E-state index is 11.4. The van der Waals surface area contributed by atoms with E-state index in [0.717, 1.165) is 19.4 Å². The van der Waals surface area contributed by atoms with Crippen molar-refractivity contribution in [3.63, 3.8) is 0 Å². The highest BCUT2D eigenvalue weighted by atomic mass is 16.3. The third-order valence-corrected chi connectivity index (χ3v) is 2.05. The lowest BCUT2D eigenvalue weighted by atomic mass is 10.1. The van der Waals surface area contributed by atoms with E-state index in [9.17, 15) is 9.90 Å². The lowest BCUT2D eigenvalue weighted by Crippen LogP contribution is -2.46. The van der Waals surface area contributed by atoms with Crippen LogP contribution in [0.1, 0.15) is 12.8 Å². The Kier molecular flexibility index (Phi) is 2.92. The van der Waals surface area contributed by atoms with E-state index in [1.54, 1.807) is 19.0 Å². The van der Waals surface area contributed by atoms with Crippen molar-refractivity contribution < 1.29 is 9.90 Å². The minimum absolute atomic E-state index is 0.00579. The molecule has 12 heavy (non-hydrogen) atoms. The van der Waals surface area contributed by atoms with Gasteiger partial charge in [-0.05, 0) is 12.8 Å². The van der Waals surface area contributed by atoms with E-state index >= 15 is 0 Å². The molecule has 4 nitrogen and oxygen atoms in total. The molecular weight excluding hydrogens is 156 g/mol. The van der Waals surface area contributed by atoms with Crippen molar-refractivity contribution >= 4 is 6.03 Å². The minimum Gasteiger partial charge on any atom is -0.391 e. The second-order valence-corrected chi connectivity index (χ2v) is 3.42. The third-order valence-electron chi connectivity index (χ3n) is 2.05. The van der Waals surface area contributed by atoms with Crippen LogP contribution in [0.3, 0.4) is 0 Å². The highest BCUT2D eigenvalue weighted by Crippen LogP contribution is 2.10. The van der Waals surface area contributed by atoms with Gasteiger partial charge in [-0.3, -0.25) is 0 Å². The predicted octanol–water partition coefficient (Wildman–Crippen LogP) is 0.125. The maximum Gasteiger partial charge on any atom is 0.319 e. The molecule has 1 saturated heterocycles. The van der Waals surface area contributed by atoms with Crippen molar-refractivity contribution in [3.05, 3.63) is 0 Å². The average molecular weight is 172 g/mol. The smallest absolute Gasteiger partial charge is 0.319 e. The molecule has 0 aliphatic carbocycles. The summed E-state index contributed by atoms with van der Waals surface area (Å²) < 4.78 is 0. The molecule has 1 atom stereocenters. The summed E-state index contributed by atoms with van der Waals surface area (Å²) in [6.45, 7) is 1.26. The van der Waals surface area contributed by atoms with Crippen LogP contribution in [0.15, 0.2) is 0 Å². The van der Waals surface area contributed by atoms with Crippen molar-refractivity contribution in [3.8, 4) is 0 Å². The van der Waals surface area contributed by atoms with E-state index in [-0.39, 0.29) is 12.1 Å². The number of nitrogens with zero attached hydrogens (tertiary/aromatic N) is 2. The van der Waals surface area contributed by atoms with Crippen molar-refractivity contribution in [1.29, 1.82) is 0 Å². The molecule has 70 valence electrons. The largest absolute Gasteiger partial charge is 0.391 e. The van der Waals surface area contributed by atoms with Crippen molar-refractivity contribution in [2.75, 3.05) is 27.2 Å². The Hall–Kier alpha value is -0.770. The summed E-state index contributed by atoms with van der Waals surface area (Å²) in [4.78, 5) is 14.6. The third kappa shape index (κ3) is 2.11. The molecule has 0 spiro atoms. The Morgan fingerprint density at radius 1 is 1.58 bits per heavy atom. The Morgan fingerprint density at radius 2 is 2.25 bits per heavy atom. The summed E-state index contributed by atoms with van der Waals surface area (Å²) in [7, 11) is 3.45. The van der Waals surface area contributed by atoms with E-state index in [1.165, 1.54) is 4.90 Å². The fraction of sp³-hybridized carbons (Fsp3) is 0.875. The van der Waals surface area contributed by atoms with Gasteiger partial charge >= 0.3 is 6.03 Å². The molecular formula is C8H16N2O2. The molecule has 1 aliphatic heterocycles. The summed E-state index contributed by atoms with van der Waals surface area (Å²) in [6.07, 6.45) is 1.39. The van der Waals surface area contributed by atoms with Crippen LogP contribution in [0.2, 0.25) is 0 Å². The average Bonchev–Trinajstić information content (AvgIpc) is 2.03. The van der Waals surface area contributed by atoms with Gasteiger partial charge in [-0.1, -0.05) is 0 Å². The van der Waals surface area contributed by atoms with E-state index < -0.39 is 0 Å². The second-order valence-electron chi connectivity index (χ2n) is 3.42. The van der Waals surface area contributed by atoms with Gasteiger partial charge in [0.25, 0.3) is 0 Å². The highest BCUT2D eigenvalue weighted by Gasteiger charge is 2.22. The van der Waals surface area contributed by atoms with Gasteiger partial charge in [-0.15, -0.1) is 0 Å². The number of carbonyl (C=O) groups is 1. The zero-order valence-corrected chi connectivity index (χ0v) is 7.66. The van der Waals surface area contributed by atoms with E-state index in [1.807, 2.05) is 0 Å². The van der Waals surface area contributed by atoms with Gasteiger partial charge in [-0.2, -0.15) is 0 Å². The van der Waals surface area contributed by atoms with Crippen LogP contribution in [0.4, 0.5) is 4.79 Å². The summed E-state index contributed by atoms with van der Waals surface area (Å²) in [6, 6.07) is -0.00579. The molecule has 0 saturated carbocycles. The maximum absolute atomic E-state index is 11.4. The molecule has 0 aromatic heterocycles. The molecule has 1 unspecified atom stereocenters. The molecule has 1 heterocycles. The first kappa shape index (κ1) is 9.32. The number of amides is 2. The number of piperidine rings is 1. The Bertz CT molecular complexity index is 170. The summed E-state index contributed by atoms with van der Waals surface area (Å²) in [5, 5.41) is 9.30. The number of carbonyl (C=O) groups excluding carboxylic acids is 1. The number of aliphatic hydroxyl groups is 1. The fourth-order valence-corrected chi connectivity index (χ4v) is 1.41. The number of urea groups is 1. The molecule has 1 fully saturated rings. The zero-order chi connectivity index (χ0) is 9.14. The molecule has 0 aromatic carbocycles. The number of rotatable bonds is 0. The van der Waals surface area contributed by atoms with Gasteiger partial charge in [-0.25, -0.2) is 4.79 Å². The minimum atomic E-state index is -0.331. The fourth-order valence-electron chi connectivity index (χ4n) is 1.41. The summed E-state index contributed by atoms with van der Waals surface area (Å²) >= 11 is 0. The van der Waals surface area contributed by atoms with Crippen LogP contribution in [0.25, 0.3) is 0 Å².